The molecule has 0 radical (unpaired) electrons. The lowest BCUT2D eigenvalue weighted by atomic mass is 10.1. The molecule has 24 heavy (non-hydrogen) atoms. The van der Waals surface area contributed by atoms with Gasteiger partial charge in [0.05, 0.1) is 41.0 Å². The van der Waals surface area contributed by atoms with E-state index in [9.17, 15) is 9.59 Å². The van der Waals surface area contributed by atoms with Crippen LogP contribution in [0.4, 0.5) is 0 Å². The van der Waals surface area contributed by atoms with Crippen molar-refractivity contribution < 1.29 is 9.53 Å². The molecule has 0 bridgehead atoms. The molecule has 6 nitrogen and oxygen atoms in total. The normalized spacial score (nSPS) is 10.8. The topological polar surface area (TPSA) is 74.1 Å². The molecule has 6 heteroatoms. The molecule has 3 aromatic rings. The zero-order valence-electron chi connectivity index (χ0n) is 13.5. The first-order valence-electron chi connectivity index (χ1n) is 7.68. The minimum absolute atomic E-state index is 0.212. The van der Waals surface area contributed by atoms with Crippen LogP contribution in [0.15, 0.2) is 47.5 Å². The highest BCUT2D eigenvalue weighted by Gasteiger charge is 2.15. The molecule has 3 aromatic heterocycles. The van der Waals surface area contributed by atoms with Crippen molar-refractivity contribution in [3.8, 4) is 0 Å². The molecule has 0 aliphatic heterocycles. The molecule has 3 rings (SSSR count). The zero-order valence-corrected chi connectivity index (χ0v) is 13.5. The lowest BCUT2D eigenvalue weighted by molar-refractivity contribution is 0.0525. The molecular formula is C18H17N3O3. The average molecular weight is 323 g/mol. The number of hydrogen-bond acceptors (Lipinski definition) is 5. The number of carbonyl (C=O) groups excluding carboxylic acids is 1. The fourth-order valence-corrected chi connectivity index (χ4v) is 2.51. The number of ether oxygens (including phenoxy) is 1. The van der Waals surface area contributed by atoms with Gasteiger partial charge in [-0.1, -0.05) is 6.07 Å². The number of hydrogen-bond donors (Lipinski definition) is 0. The van der Waals surface area contributed by atoms with Crippen LogP contribution in [0.3, 0.4) is 0 Å². The third-order valence-electron chi connectivity index (χ3n) is 3.70. The van der Waals surface area contributed by atoms with Crippen LogP contribution in [0.2, 0.25) is 0 Å². The Morgan fingerprint density at radius 1 is 1.29 bits per heavy atom. The SMILES string of the molecule is CCOC(=O)c1cc2c(=O)n(Cc3ccccn3)ccc2nc1C. The molecule has 0 amide bonds. The Bertz CT molecular complexity index is 949. The van der Waals surface area contributed by atoms with Gasteiger partial charge in [0, 0.05) is 12.4 Å². The number of aryl methyl sites for hydroxylation is 1. The average Bonchev–Trinajstić information content (AvgIpc) is 2.58. The van der Waals surface area contributed by atoms with Crippen molar-refractivity contribution in [3.63, 3.8) is 0 Å². The summed E-state index contributed by atoms with van der Waals surface area (Å²) in [4.78, 5) is 33.3. The summed E-state index contributed by atoms with van der Waals surface area (Å²) in [5.74, 6) is -0.469. The van der Waals surface area contributed by atoms with Crippen LogP contribution in [-0.4, -0.2) is 27.1 Å². The molecule has 122 valence electrons. The fourth-order valence-electron chi connectivity index (χ4n) is 2.51. The first-order chi connectivity index (χ1) is 11.6. The van der Waals surface area contributed by atoms with E-state index >= 15 is 0 Å². The Morgan fingerprint density at radius 3 is 2.83 bits per heavy atom. The van der Waals surface area contributed by atoms with Crippen LogP contribution in [0, 0.1) is 6.92 Å². The molecule has 0 aliphatic carbocycles. The summed E-state index contributed by atoms with van der Waals surface area (Å²) in [6.07, 6.45) is 3.38. The largest absolute Gasteiger partial charge is 0.462 e. The highest BCUT2D eigenvalue weighted by atomic mass is 16.5. The lowest BCUT2D eigenvalue weighted by Gasteiger charge is -2.09. The standard InChI is InChI=1S/C18H17N3O3/c1-3-24-18(23)14-10-15-16(20-12(14)2)7-9-21(17(15)22)11-13-6-4-5-8-19-13/h4-10H,3,11H2,1-2H3. The summed E-state index contributed by atoms with van der Waals surface area (Å²) in [5, 5.41) is 0.391. The van der Waals surface area contributed by atoms with Gasteiger partial charge in [0.1, 0.15) is 0 Å². The maximum absolute atomic E-state index is 12.7. The van der Waals surface area contributed by atoms with E-state index in [-0.39, 0.29) is 12.2 Å². The maximum atomic E-state index is 12.7. The van der Waals surface area contributed by atoms with Gasteiger partial charge in [-0.25, -0.2) is 4.79 Å². The van der Waals surface area contributed by atoms with Crippen LogP contribution >= 0.6 is 0 Å². The molecule has 0 N–H and O–H groups in total. The Balaban J connectivity index is 2.08. The van der Waals surface area contributed by atoms with Crippen LogP contribution in [-0.2, 0) is 11.3 Å². The quantitative estimate of drug-likeness (QED) is 0.689. The Morgan fingerprint density at radius 2 is 2.12 bits per heavy atom. The predicted octanol–water partition coefficient (Wildman–Crippen LogP) is 2.32. The van der Waals surface area contributed by atoms with Crippen molar-refractivity contribution in [2.75, 3.05) is 6.61 Å². The summed E-state index contributed by atoms with van der Waals surface area (Å²) >= 11 is 0. The molecule has 0 aliphatic rings. The second-order valence-corrected chi connectivity index (χ2v) is 5.34. The number of pyridine rings is 3. The van der Waals surface area contributed by atoms with Gasteiger partial charge in [0.15, 0.2) is 0 Å². The van der Waals surface area contributed by atoms with Crippen molar-refractivity contribution in [1.29, 1.82) is 0 Å². The second kappa shape index (κ2) is 6.62. The lowest BCUT2D eigenvalue weighted by Crippen LogP contribution is -2.21. The highest BCUT2D eigenvalue weighted by molar-refractivity contribution is 5.94. The zero-order chi connectivity index (χ0) is 17.1. The number of carbonyl (C=O) groups is 1. The fraction of sp³-hybridized carbons (Fsp3) is 0.222. The van der Waals surface area contributed by atoms with E-state index < -0.39 is 5.97 Å². The van der Waals surface area contributed by atoms with E-state index in [0.29, 0.717) is 28.7 Å². The van der Waals surface area contributed by atoms with E-state index in [0.717, 1.165) is 5.69 Å². The third kappa shape index (κ3) is 3.03. The van der Waals surface area contributed by atoms with Crippen molar-refractivity contribution in [2.45, 2.75) is 20.4 Å². The van der Waals surface area contributed by atoms with Gasteiger partial charge in [0.25, 0.3) is 5.56 Å². The van der Waals surface area contributed by atoms with E-state index in [4.69, 9.17) is 4.74 Å². The van der Waals surface area contributed by atoms with Gasteiger partial charge < -0.3 is 9.30 Å². The Hall–Kier alpha value is -3.02. The van der Waals surface area contributed by atoms with Gasteiger partial charge in [-0.3, -0.25) is 14.8 Å². The Labute approximate surface area is 138 Å². The Kier molecular flexibility index (Phi) is 4.37. The van der Waals surface area contributed by atoms with E-state index in [1.165, 1.54) is 0 Å². The summed E-state index contributed by atoms with van der Waals surface area (Å²) in [6, 6.07) is 8.88. The summed E-state index contributed by atoms with van der Waals surface area (Å²) in [6.45, 7) is 4.10. The van der Waals surface area contributed by atoms with Gasteiger partial charge in [-0.15, -0.1) is 0 Å². The molecule has 0 unspecified atom stereocenters. The van der Waals surface area contributed by atoms with E-state index in [1.807, 2.05) is 18.2 Å². The van der Waals surface area contributed by atoms with Gasteiger partial charge >= 0.3 is 5.97 Å². The smallest absolute Gasteiger partial charge is 0.339 e. The van der Waals surface area contributed by atoms with Crippen LogP contribution < -0.4 is 5.56 Å². The number of fused-ring (bicyclic) bond motifs is 1. The second-order valence-electron chi connectivity index (χ2n) is 5.34. The number of aromatic nitrogens is 3. The third-order valence-corrected chi connectivity index (χ3v) is 3.70. The minimum atomic E-state index is -0.469. The first-order valence-corrected chi connectivity index (χ1v) is 7.68. The van der Waals surface area contributed by atoms with Crippen molar-refractivity contribution >= 4 is 16.9 Å². The minimum Gasteiger partial charge on any atom is -0.462 e. The van der Waals surface area contributed by atoms with Crippen molar-refractivity contribution in [3.05, 3.63) is 70.0 Å². The number of rotatable bonds is 4. The highest BCUT2D eigenvalue weighted by Crippen LogP contribution is 2.15. The van der Waals surface area contributed by atoms with Crippen molar-refractivity contribution in [1.82, 2.24) is 14.5 Å². The van der Waals surface area contributed by atoms with Gasteiger partial charge in [-0.2, -0.15) is 0 Å². The molecular weight excluding hydrogens is 306 g/mol. The van der Waals surface area contributed by atoms with E-state index in [2.05, 4.69) is 9.97 Å². The van der Waals surface area contributed by atoms with Crippen LogP contribution in [0.1, 0.15) is 28.7 Å². The molecule has 0 spiro atoms. The number of nitrogens with zero attached hydrogens (tertiary/aromatic N) is 3. The van der Waals surface area contributed by atoms with Gasteiger partial charge in [0.2, 0.25) is 0 Å². The number of esters is 1. The monoisotopic (exact) mass is 323 g/mol. The van der Waals surface area contributed by atoms with Crippen LogP contribution in [0.5, 0.6) is 0 Å². The molecule has 0 atom stereocenters. The molecule has 0 saturated carbocycles. The van der Waals surface area contributed by atoms with Crippen molar-refractivity contribution in [2.24, 2.45) is 0 Å². The van der Waals surface area contributed by atoms with Crippen LogP contribution in [0.25, 0.3) is 10.9 Å². The predicted molar refractivity (Wildman–Crippen MR) is 90.0 cm³/mol. The maximum Gasteiger partial charge on any atom is 0.339 e. The first kappa shape index (κ1) is 15.9. The molecule has 0 aromatic carbocycles. The van der Waals surface area contributed by atoms with E-state index in [1.54, 1.807) is 42.9 Å². The molecule has 0 saturated heterocycles. The molecule has 0 fully saturated rings. The summed E-state index contributed by atoms with van der Waals surface area (Å²) in [7, 11) is 0. The van der Waals surface area contributed by atoms with Gasteiger partial charge in [-0.05, 0) is 38.1 Å². The molecule has 3 heterocycles. The summed E-state index contributed by atoms with van der Waals surface area (Å²) in [5.41, 5.74) is 1.99. The summed E-state index contributed by atoms with van der Waals surface area (Å²) < 4.78 is 6.58.